The van der Waals surface area contributed by atoms with E-state index in [2.05, 4.69) is 10.2 Å². The molecule has 3 rings (SSSR count). The standard InChI is InChI=1S/C26H34N4O3/c1-21-10-12-24(13-11-21)27-26(32)30-19-16-28(17-20-30)15-18-29(22(2)31)14-6-8-23-7-4-5-9-25(23)33-3/h4-13H,14-20H2,1-3H3,(H,27,32)/b8-6+. The Kier molecular flexibility index (Phi) is 8.89. The van der Waals surface area contributed by atoms with Gasteiger partial charge in [-0.2, -0.15) is 0 Å². The van der Waals surface area contributed by atoms with Gasteiger partial charge in [-0.1, -0.05) is 48.0 Å². The minimum Gasteiger partial charge on any atom is -0.496 e. The molecule has 1 heterocycles. The average Bonchev–Trinajstić information content (AvgIpc) is 2.83. The quantitative estimate of drug-likeness (QED) is 0.666. The second-order valence-corrected chi connectivity index (χ2v) is 8.23. The van der Waals surface area contributed by atoms with Crippen molar-refractivity contribution in [3.63, 3.8) is 0 Å². The van der Waals surface area contributed by atoms with Crippen LogP contribution in [0.2, 0.25) is 0 Å². The Morgan fingerprint density at radius 2 is 1.76 bits per heavy atom. The van der Waals surface area contributed by atoms with Crippen LogP contribution >= 0.6 is 0 Å². The van der Waals surface area contributed by atoms with Gasteiger partial charge in [0.1, 0.15) is 5.75 Å². The molecule has 33 heavy (non-hydrogen) atoms. The molecule has 0 spiro atoms. The fraction of sp³-hybridized carbons (Fsp3) is 0.385. The number of methoxy groups -OCH3 is 1. The fourth-order valence-electron chi connectivity index (χ4n) is 3.76. The number of hydrogen-bond acceptors (Lipinski definition) is 4. The molecule has 1 N–H and O–H groups in total. The van der Waals surface area contributed by atoms with Crippen molar-refractivity contribution in [2.75, 3.05) is 58.2 Å². The predicted molar refractivity (Wildman–Crippen MR) is 132 cm³/mol. The number of rotatable bonds is 8. The fourth-order valence-corrected chi connectivity index (χ4v) is 3.76. The lowest BCUT2D eigenvalue weighted by Gasteiger charge is -2.35. The molecular formula is C26H34N4O3. The first kappa shape index (κ1) is 24.3. The maximum atomic E-state index is 12.5. The number of urea groups is 1. The van der Waals surface area contributed by atoms with E-state index < -0.39 is 0 Å². The van der Waals surface area contributed by atoms with Crippen LogP contribution in [0, 0.1) is 6.92 Å². The molecule has 0 radical (unpaired) electrons. The SMILES string of the molecule is COc1ccccc1/C=C/CN(CCN1CCN(C(=O)Nc2ccc(C)cc2)CC1)C(C)=O. The number of benzene rings is 2. The number of aryl methyl sites for hydroxylation is 1. The smallest absolute Gasteiger partial charge is 0.321 e. The summed E-state index contributed by atoms with van der Waals surface area (Å²) in [5, 5.41) is 2.96. The maximum absolute atomic E-state index is 12.5. The minimum absolute atomic E-state index is 0.0517. The summed E-state index contributed by atoms with van der Waals surface area (Å²) in [6, 6.07) is 15.6. The molecule has 0 atom stereocenters. The number of carbonyl (C=O) groups is 2. The number of hydrogen-bond donors (Lipinski definition) is 1. The number of nitrogens with zero attached hydrogens (tertiary/aromatic N) is 3. The highest BCUT2D eigenvalue weighted by Gasteiger charge is 2.21. The summed E-state index contributed by atoms with van der Waals surface area (Å²) in [6.07, 6.45) is 3.98. The van der Waals surface area contributed by atoms with E-state index in [1.165, 1.54) is 0 Å². The third-order valence-electron chi connectivity index (χ3n) is 5.86. The summed E-state index contributed by atoms with van der Waals surface area (Å²) < 4.78 is 5.37. The number of ether oxygens (including phenoxy) is 1. The normalized spacial score (nSPS) is 14.3. The number of piperazine rings is 1. The Labute approximate surface area is 196 Å². The van der Waals surface area contributed by atoms with Crippen LogP contribution in [0.5, 0.6) is 5.75 Å². The van der Waals surface area contributed by atoms with Crippen molar-refractivity contribution in [2.24, 2.45) is 0 Å². The maximum Gasteiger partial charge on any atom is 0.321 e. The van der Waals surface area contributed by atoms with Crippen LogP contribution in [-0.4, -0.2) is 79.6 Å². The lowest BCUT2D eigenvalue weighted by Crippen LogP contribution is -2.51. The Morgan fingerprint density at radius 1 is 1.06 bits per heavy atom. The lowest BCUT2D eigenvalue weighted by molar-refractivity contribution is -0.128. The van der Waals surface area contributed by atoms with E-state index in [1.54, 1.807) is 14.0 Å². The number of para-hydroxylation sites is 1. The van der Waals surface area contributed by atoms with Crippen LogP contribution in [0.15, 0.2) is 54.6 Å². The van der Waals surface area contributed by atoms with Crippen LogP contribution in [-0.2, 0) is 4.79 Å². The van der Waals surface area contributed by atoms with E-state index in [0.717, 1.165) is 42.2 Å². The van der Waals surface area contributed by atoms with E-state index in [1.807, 2.05) is 77.4 Å². The first-order chi connectivity index (χ1) is 16.0. The van der Waals surface area contributed by atoms with E-state index in [9.17, 15) is 9.59 Å². The molecule has 7 heteroatoms. The largest absolute Gasteiger partial charge is 0.496 e. The van der Waals surface area contributed by atoms with Gasteiger partial charge in [0.05, 0.1) is 7.11 Å². The zero-order valence-electron chi connectivity index (χ0n) is 19.8. The number of carbonyl (C=O) groups excluding carboxylic acids is 2. The molecule has 7 nitrogen and oxygen atoms in total. The van der Waals surface area contributed by atoms with Gasteiger partial charge in [-0.05, 0) is 25.1 Å². The summed E-state index contributed by atoms with van der Waals surface area (Å²) >= 11 is 0. The topological polar surface area (TPSA) is 65.1 Å². The van der Waals surface area contributed by atoms with Crippen molar-refractivity contribution in [2.45, 2.75) is 13.8 Å². The van der Waals surface area contributed by atoms with E-state index in [4.69, 9.17) is 4.74 Å². The zero-order valence-corrected chi connectivity index (χ0v) is 19.8. The molecule has 2 aromatic rings. The van der Waals surface area contributed by atoms with Crippen LogP contribution < -0.4 is 10.1 Å². The third kappa shape index (κ3) is 7.36. The Bertz CT molecular complexity index is 950. The van der Waals surface area contributed by atoms with Crippen LogP contribution in [0.1, 0.15) is 18.1 Å². The van der Waals surface area contributed by atoms with Crippen molar-refractivity contribution < 1.29 is 14.3 Å². The minimum atomic E-state index is -0.0645. The highest BCUT2D eigenvalue weighted by atomic mass is 16.5. The van der Waals surface area contributed by atoms with Crippen LogP contribution in [0.25, 0.3) is 6.08 Å². The summed E-state index contributed by atoms with van der Waals surface area (Å²) in [5.41, 5.74) is 2.96. The van der Waals surface area contributed by atoms with Gasteiger partial charge in [0.25, 0.3) is 0 Å². The molecule has 1 fully saturated rings. The second-order valence-electron chi connectivity index (χ2n) is 8.23. The molecule has 0 aliphatic carbocycles. The van der Waals surface area contributed by atoms with Gasteiger partial charge < -0.3 is 19.9 Å². The molecule has 0 saturated carbocycles. The Hall–Kier alpha value is -3.32. The Morgan fingerprint density at radius 3 is 2.42 bits per heavy atom. The van der Waals surface area contributed by atoms with Crippen LogP contribution in [0.3, 0.4) is 0 Å². The van der Waals surface area contributed by atoms with Crippen LogP contribution in [0.4, 0.5) is 10.5 Å². The number of amides is 3. The van der Waals surface area contributed by atoms with Gasteiger partial charge in [0.15, 0.2) is 0 Å². The van der Waals surface area contributed by atoms with E-state index in [0.29, 0.717) is 26.2 Å². The zero-order chi connectivity index (χ0) is 23.6. The molecule has 0 aromatic heterocycles. The highest BCUT2D eigenvalue weighted by molar-refractivity contribution is 5.89. The molecule has 1 aliphatic rings. The van der Waals surface area contributed by atoms with E-state index >= 15 is 0 Å². The van der Waals surface area contributed by atoms with Crippen molar-refractivity contribution in [3.05, 3.63) is 65.7 Å². The van der Waals surface area contributed by atoms with Gasteiger partial charge in [-0.3, -0.25) is 9.69 Å². The van der Waals surface area contributed by atoms with Crippen molar-refractivity contribution >= 4 is 23.7 Å². The molecule has 2 aromatic carbocycles. The van der Waals surface area contributed by atoms with Crippen molar-refractivity contribution in [1.29, 1.82) is 0 Å². The molecule has 1 saturated heterocycles. The van der Waals surface area contributed by atoms with Gasteiger partial charge in [-0.25, -0.2) is 4.79 Å². The molecule has 176 valence electrons. The van der Waals surface area contributed by atoms with Crippen molar-refractivity contribution in [3.8, 4) is 5.75 Å². The van der Waals surface area contributed by atoms with E-state index in [-0.39, 0.29) is 11.9 Å². The average molecular weight is 451 g/mol. The third-order valence-corrected chi connectivity index (χ3v) is 5.86. The molecule has 3 amide bonds. The molecular weight excluding hydrogens is 416 g/mol. The Balaban J connectivity index is 1.43. The first-order valence-corrected chi connectivity index (χ1v) is 11.4. The monoisotopic (exact) mass is 450 g/mol. The highest BCUT2D eigenvalue weighted by Crippen LogP contribution is 2.18. The second kappa shape index (κ2) is 12.1. The van der Waals surface area contributed by atoms with Gasteiger partial charge in [-0.15, -0.1) is 0 Å². The van der Waals surface area contributed by atoms with Gasteiger partial charge in [0.2, 0.25) is 5.91 Å². The molecule has 1 aliphatic heterocycles. The summed E-state index contributed by atoms with van der Waals surface area (Å²) in [7, 11) is 1.65. The lowest BCUT2D eigenvalue weighted by atomic mass is 10.2. The number of anilines is 1. The summed E-state index contributed by atoms with van der Waals surface area (Å²) in [5.74, 6) is 0.864. The van der Waals surface area contributed by atoms with Gasteiger partial charge >= 0.3 is 6.03 Å². The first-order valence-electron chi connectivity index (χ1n) is 11.4. The summed E-state index contributed by atoms with van der Waals surface area (Å²) in [6.45, 7) is 8.55. The van der Waals surface area contributed by atoms with Gasteiger partial charge in [0, 0.05) is 64.0 Å². The molecule has 0 bridgehead atoms. The predicted octanol–water partition coefficient (Wildman–Crippen LogP) is 3.72. The number of nitrogens with one attached hydrogen (secondary N) is 1. The molecule has 0 unspecified atom stereocenters. The van der Waals surface area contributed by atoms with Crippen molar-refractivity contribution in [1.82, 2.24) is 14.7 Å². The summed E-state index contributed by atoms with van der Waals surface area (Å²) in [4.78, 5) is 30.6.